The molecule has 0 aliphatic rings. The first-order valence-corrected chi connectivity index (χ1v) is 16.3. The van der Waals surface area contributed by atoms with Gasteiger partial charge in [-0.3, -0.25) is 19.2 Å². The van der Waals surface area contributed by atoms with Crippen molar-refractivity contribution in [1.29, 1.82) is 0 Å². The molecule has 0 rings (SSSR count). The number of carbonyl (C=O) groups is 4. The highest BCUT2D eigenvalue weighted by Gasteiger charge is 2.92. The highest BCUT2D eigenvalue weighted by atomic mass is 19.4. The Morgan fingerprint density at radius 1 is 0.281 bits per heavy atom. The fourth-order valence-electron chi connectivity index (χ4n) is 5.53. The summed E-state index contributed by atoms with van der Waals surface area (Å²) in [6.07, 6.45) is -33.0. The average Bonchev–Trinajstić information content (AvgIpc) is 3.15. The van der Waals surface area contributed by atoms with Crippen LogP contribution >= 0.6 is 0 Å². The molecule has 0 aliphatic heterocycles. The normalized spacial score (nSPS) is 15.2. The van der Waals surface area contributed by atoms with Crippen LogP contribution in [0.4, 0.5) is 114 Å². The molecule has 64 heavy (non-hydrogen) atoms. The number of halogens is 26. The molecule has 378 valence electrons. The second-order valence-electron chi connectivity index (χ2n) is 13.3. The molecule has 0 spiro atoms. The predicted octanol–water partition coefficient (Wildman–Crippen LogP) is 10.2. The van der Waals surface area contributed by atoms with Gasteiger partial charge in [0, 0.05) is 12.8 Å². The van der Waals surface area contributed by atoms with E-state index in [9.17, 15) is 133 Å². The van der Waals surface area contributed by atoms with Gasteiger partial charge in [0.1, 0.15) is 0 Å². The molecular weight excluding hydrogens is 982 g/mol. The van der Waals surface area contributed by atoms with Crippen molar-refractivity contribution in [3.63, 3.8) is 0 Å². The van der Waals surface area contributed by atoms with Crippen LogP contribution in [0.1, 0.15) is 51.4 Å². The van der Waals surface area contributed by atoms with Crippen LogP contribution in [0.25, 0.3) is 0 Å². The van der Waals surface area contributed by atoms with E-state index in [0.29, 0.717) is 0 Å². The number of unbranched alkanes of at least 4 members (excludes halogenated alkanes) is 1. The molecule has 0 aliphatic carbocycles. The van der Waals surface area contributed by atoms with Crippen LogP contribution in [0.3, 0.4) is 0 Å². The van der Waals surface area contributed by atoms with E-state index in [0.717, 1.165) is 0 Å². The van der Waals surface area contributed by atoms with E-state index < -0.39 is 158 Å². The van der Waals surface area contributed by atoms with E-state index in [1.807, 2.05) is 0 Å². The average molecular weight is 1010 g/mol. The minimum absolute atomic E-state index is 0.236. The van der Waals surface area contributed by atoms with Gasteiger partial charge in [0.25, 0.3) is 0 Å². The van der Waals surface area contributed by atoms with Crippen molar-refractivity contribution in [2.45, 2.75) is 123 Å². The maximum absolute atomic E-state index is 14.7. The second kappa shape index (κ2) is 18.4. The number of methoxy groups -OCH3 is 4. The van der Waals surface area contributed by atoms with Crippen molar-refractivity contribution in [3.05, 3.63) is 0 Å². The van der Waals surface area contributed by atoms with E-state index in [-0.39, 0.29) is 28.4 Å². The Kier molecular flexibility index (Phi) is 17.3. The lowest BCUT2D eigenvalue weighted by Gasteiger charge is -2.40. The molecule has 0 saturated carbocycles. The van der Waals surface area contributed by atoms with Gasteiger partial charge >= 0.3 is 95.5 Å². The first-order valence-electron chi connectivity index (χ1n) is 16.3. The summed E-state index contributed by atoms with van der Waals surface area (Å²) < 4.78 is 371. The van der Waals surface area contributed by atoms with Gasteiger partial charge < -0.3 is 18.9 Å². The van der Waals surface area contributed by atoms with E-state index in [1.165, 1.54) is 0 Å². The van der Waals surface area contributed by atoms with Crippen LogP contribution < -0.4 is 0 Å². The first-order chi connectivity index (χ1) is 28.0. The summed E-state index contributed by atoms with van der Waals surface area (Å²) in [6.45, 7) is 0. The molecule has 0 bridgehead atoms. The monoisotopic (exact) mass is 1010 g/mol. The Hall–Kier alpha value is -3.94. The smallest absolute Gasteiger partial charge is 0.460 e. The largest absolute Gasteiger partial charge is 0.468 e. The van der Waals surface area contributed by atoms with Gasteiger partial charge in [0.15, 0.2) is 10.8 Å². The molecule has 34 heteroatoms. The van der Waals surface area contributed by atoms with Crippen molar-refractivity contribution in [2.75, 3.05) is 28.4 Å². The maximum atomic E-state index is 14.7. The van der Waals surface area contributed by atoms with Gasteiger partial charge in [0.2, 0.25) is 0 Å². The Labute approximate surface area is 339 Å². The van der Waals surface area contributed by atoms with Gasteiger partial charge in [-0.15, -0.1) is 0 Å². The standard InChI is InChI=1S/C30H28F26O8/c1-61-13(57)17(14(58)62-2,9-11-19(31,32)21(35,36)23(39,40)25(43,44)27(47,48)29(51,52)53)7-5-6-8-18(15(59)63-3,16(60)64-4)10-12-20(33,34)22(37,38)24(41,42)26(45,46)28(49,50)30(54,55)56/h5-12H2,1-4H3. The molecule has 0 aromatic carbocycles. The Balaban J connectivity index is 7.11. The van der Waals surface area contributed by atoms with Crippen LogP contribution in [0.2, 0.25) is 0 Å². The molecule has 0 radical (unpaired) electrons. The zero-order valence-corrected chi connectivity index (χ0v) is 31.7. The maximum Gasteiger partial charge on any atom is 0.460 e. The topological polar surface area (TPSA) is 105 Å². The molecule has 0 fully saturated rings. The summed E-state index contributed by atoms with van der Waals surface area (Å²) in [5.41, 5.74) is -7.36. The zero-order valence-electron chi connectivity index (χ0n) is 31.7. The number of alkyl halides is 26. The number of carbonyl (C=O) groups excluding carboxylic acids is 4. The minimum atomic E-state index is -8.38. The van der Waals surface area contributed by atoms with Crippen molar-refractivity contribution >= 4 is 23.9 Å². The fraction of sp³-hybridized carbons (Fsp3) is 0.867. The SMILES string of the molecule is COC(=O)C(CCCCC(CCC(F)(F)C(F)(F)C(F)(F)C(F)(F)C(F)(F)C(F)(F)F)(C(=O)OC)C(=O)OC)(CCC(F)(F)C(F)(F)C(F)(F)C(F)(F)C(F)(F)C(F)(F)F)C(=O)OC. The third-order valence-electron chi connectivity index (χ3n) is 9.49. The number of esters is 4. The number of hydrogen-bond acceptors (Lipinski definition) is 8. The molecule has 8 nitrogen and oxygen atoms in total. The lowest BCUT2D eigenvalue weighted by molar-refractivity contribution is -0.440. The number of hydrogen-bond donors (Lipinski definition) is 0. The summed E-state index contributed by atoms with van der Waals surface area (Å²) in [6, 6.07) is 0. The van der Waals surface area contributed by atoms with Gasteiger partial charge in [-0.2, -0.15) is 114 Å². The van der Waals surface area contributed by atoms with Crippen LogP contribution in [0.15, 0.2) is 0 Å². The third-order valence-corrected chi connectivity index (χ3v) is 9.49. The van der Waals surface area contributed by atoms with Crippen LogP contribution in [-0.4, -0.2) is 124 Å². The van der Waals surface area contributed by atoms with E-state index >= 15 is 0 Å². The van der Waals surface area contributed by atoms with Crippen LogP contribution in [0, 0.1) is 10.8 Å². The second-order valence-corrected chi connectivity index (χ2v) is 13.3. The predicted molar refractivity (Wildman–Crippen MR) is 151 cm³/mol. The van der Waals surface area contributed by atoms with Crippen molar-refractivity contribution < 1.29 is 152 Å². The lowest BCUT2D eigenvalue weighted by Crippen LogP contribution is -2.70. The number of ether oxygens (including phenoxy) is 4. The molecule has 0 saturated heterocycles. The molecule has 0 unspecified atom stereocenters. The summed E-state index contributed by atoms with van der Waals surface area (Å²) >= 11 is 0. The van der Waals surface area contributed by atoms with Gasteiger partial charge in [0.05, 0.1) is 28.4 Å². The van der Waals surface area contributed by atoms with E-state index in [4.69, 9.17) is 0 Å². The van der Waals surface area contributed by atoms with Gasteiger partial charge in [-0.1, -0.05) is 12.8 Å². The molecule has 0 heterocycles. The summed E-state index contributed by atoms with van der Waals surface area (Å²) in [5.74, 6) is -88.6. The highest BCUT2D eigenvalue weighted by Crippen LogP contribution is 2.63. The molecule has 0 aromatic rings. The Morgan fingerprint density at radius 2 is 0.469 bits per heavy atom. The fourth-order valence-corrected chi connectivity index (χ4v) is 5.53. The first kappa shape index (κ1) is 60.1. The molecule has 0 N–H and O–H groups in total. The summed E-state index contributed by atoms with van der Waals surface area (Å²) in [4.78, 5) is 50.8. The van der Waals surface area contributed by atoms with Crippen molar-refractivity contribution in [3.8, 4) is 0 Å². The Bertz CT molecular complexity index is 1520. The molecular formula is C30H28F26O8. The van der Waals surface area contributed by atoms with E-state index in [2.05, 4.69) is 18.9 Å². The van der Waals surface area contributed by atoms with Crippen LogP contribution in [0.5, 0.6) is 0 Å². The van der Waals surface area contributed by atoms with E-state index in [1.54, 1.807) is 0 Å². The molecule has 0 aromatic heterocycles. The van der Waals surface area contributed by atoms with Crippen molar-refractivity contribution in [2.24, 2.45) is 10.8 Å². The zero-order chi connectivity index (χ0) is 51.8. The minimum Gasteiger partial charge on any atom is -0.468 e. The molecule has 0 atom stereocenters. The highest BCUT2D eigenvalue weighted by molar-refractivity contribution is 6.00. The summed E-state index contributed by atoms with van der Waals surface area (Å²) in [7, 11) is 0.944. The lowest BCUT2D eigenvalue weighted by atomic mass is 9.74. The van der Waals surface area contributed by atoms with Crippen LogP contribution in [-0.2, 0) is 38.1 Å². The Morgan fingerprint density at radius 3 is 0.641 bits per heavy atom. The molecule has 0 amide bonds. The summed E-state index contributed by atoms with van der Waals surface area (Å²) in [5, 5.41) is 0. The van der Waals surface area contributed by atoms with Gasteiger partial charge in [-0.05, 0) is 25.7 Å². The van der Waals surface area contributed by atoms with Crippen molar-refractivity contribution in [1.82, 2.24) is 0 Å². The number of rotatable bonds is 23. The van der Waals surface area contributed by atoms with Gasteiger partial charge in [-0.25, -0.2) is 0 Å². The quantitative estimate of drug-likeness (QED) is 0.0328. The third kappa shape index (κ3) is 9.50.